The molecule has 274 valence electrons. The number of anilines is 2. The van der Waals surface area contributed by atoms with E-state index in [-0.39, 0.29) is 47.7 Å². The highest BCUT2D eigenvalue weighted by molar-refractivity contribution is 6.38. The number of aryl methyl sites for hydroxylation is 3. The molecule has 0 aliphatic rings. The summed E-state index contributed by atoms with van der Waals surface area (Å²) in [7, 11) is 0. The number of halogens is 6. The molecule has 4 aromatic carbocycles. The fourth-order valence-electron chi connectivity index (χ4n) is 4.88. The second-order valence-electron chi connectivity index (χ2n) is 11.3. The van der Waals surface area contributed by atoms with Crippen LogP contribution in [0, 0.1) is 12.7 Å². The summed E-state index contributed by atoms with van der Waals surface area (Å²) in [6.45, 7) is 7.32. The molecule has 51 heavy (non-hydrogen) atoms. The molecule has 0 unspecified atom stereocenters. The molecule has 0 saturated carbocycles. The van der Waals surface area contributed by atoms with Crippen LogP contribution in [0.4, 0.5) is 15.8 Å². The molecule has 0 aliphatic heterocycles. The Hall–Kier alpha value is -3.60. The summed E-state index contributed by atoms with van der Waals surface area (Å²) in [6, 6.07) is 15.7. The molecule has 4 N–H and O–H groups in total. The second kappa shape index (κ2) is 20.4. The maximum atomic E-state index is 14.5. The van der Waals surface area contributed by atoms with E-state index in [2.05, 4.69) is 10.6 Å². The van der Waals surface area contributed by atoms with Crippen LogP contribution in [-0.2, 0) is 35.6 Å². The van der Waals surface area contributed by atoms with Crippen molar-refractivity contribution in [3.63, 3.8) is 0 Å². The number of carboxylic acid groups (broad SMARTS) is 2. The number of hydrogen-bond donors (Lipinski definition) is 4. The van der Waals surface area contributed by atoms with Gasteiger partial charge in [0.1, 0.15) is 13.2 Å². The van der Waals surface area contributed by atoms with Crippen LogP contribution in [0.15, 0.2) is 54.6 Å². The van der Waals surface area contributed by atoms with Crippen LogP contribution in [-0.4, -0.2) is 35.2 Å². The minimum absolute atomic E-state index is 0.0136. The molecule has 0 aliphatic carbocycles. The van der Waals surface area contributed by atoms with Crippen LogP contribution in [0.25, 0.3) is 0 Å². The van der Waals surface area contributed by atoms with Gasteiger partial charge in [-0.2, -0.15) is 0 Å². The van der Waals surface area contributed by atoms with Crippen molar-refractivity contribution >= 4 is 81.3 Å². The van der Waals surface area contributed by atoms with Crippen molar-refractivity contribution in [2.24, 2.45) is 0 Å². The van der Waals surface area contributed by atoms with E-state index in [1.165, 1.54) is 0 Å². The first kappa shape index (κ1) is 41.8. The van der Waals surface area contributed by atoms with E-state index in [1.807, 2.05) is 39.0 Å². The van der Waals surface area contributed by atoms with E-state index >= 15 is 0 Å². The van der Waals surface area contributed by atoms with Crippen LogP contribution in [0.1, 0.15) is 54.5 Å². The molecular weight excluding hydrogens is 765 g/mol. The van der Waals surface area contributed by atoms with Crippen molar-refractivity contribution in [3.8, 4) is 11.5 Å². The molecule has 14 heteroatoms. The normalized spacial score (nSPS) is 10.6. The first-order chi connectivity index (χ1) is 24.2. The zero-order chi connectivity index (χ0) is 37.7. The lowest BCUT2D eigenvalue weighted by Gasteiger charge is -2.14. The van der Waals surface area contributed by atoms with E-state index in [0.29, 0.717) is 57.0 Å². The Labute approximate surface area is 321 Å². The van der Waals surface area contributed by atoms with Gasteiger partial charge in [0.15, 0.2) is 17.3 Å². The largest absolute Gasteiger partial charge is 0.486 e. The highest BCUT2D eigenvalue weighted by atomic mass is 35.5. The third-order valence-electron chi connectivity index (χ3n) is 7.22. The van der Waals surface area contributed by atoms with Crippen LogP contribution >= 0.6 is 58.0 Å². The second-order valence-corrected chi connectivity index (χ2v) is 13.3. The summed E-state index contributed by atoms with van der Waals surface area (Å²) in [6.07, 6.45) is 0.660. The van der Waals surface area contributed by atoms with Gasteiger partial charge in [0.25, 0.3) is 0 Å². The third-order valence-corrected chi connectivity index (χ3v) is 8.79. The van der Waals surface area contributed by atoms with Gasteiger partial charge in [-0.1, -0.05) is 70.1 Å². The first-order valence-electron chi connectivity index (χ1n) is 15.9. The molecule has 0 amide bonds. The van der Waals surface area contributed by atoms with E-state index in [1.54, 1.807) is 36.4 Å². The molecule has 0 heterocycles. The van der Waals surface area contributed by atoms with Gasteiger partial charge in [-0.05, 0) is 92.8 Å². The van der Waals surface area contributed by atoms with Crippen LogP contribution in [0.2, 0.25) is 25.1 Å². The van der Waals surface area contributed by atoms with Crippen LogP contribution in [0.5, 0.6) is 11.5 Å². The van der Waals surface area contributed by atoms with Crippen LogP contribution < -0.4 is 20.1 Å². The van der Waals surface area contributed by atoms with Crippen molar-refractivity contribution in [1.82, 2.24) is 0 Å². The quantitative estimate of drug-likeness (QED) is 0.0885. The maximum Gasteiger partial charge on any atom is 0.303 e. The number of benzene rings is 4. The molecule has 0 bridgehead atoms. The van der Waals surface area contributed by atoms with E-state index in [4.69, 9.17) is 77.7 Å². The Morgan fingerprint density at radius 2 is 1.14 bits per heavy atom. The lowest BCUT2D eigenvalue weighted by molar-refractivity contribution is -0.138. The Bertz CT molecular complexity index is 1800. The topological polar surface area (TPSA) is 117 Å². The van der Waals surface area contributed by atoms with Gasteiger partial charge < -0.3 is 30.3 Å². The highest BCUT2D eigenvalue weighted by Gasteiger charge is 2.15. The molecule has 4 aromatic rings. The van der Waals surface area contributed by atoms with E-state index in [9.17, 15) is 14.0 Å². The van der Waals surface area contributed by atoms with Gasteiger partial charge >= 0.3 is 11.9 Å². The Kier molecular flexibility index (Phi) is 16.8. The van der Waals surface area contributed by atoms with Gasteiger partial charge in [-0.3, -0.25) is 9.59 Å². The molecule has 4 rings (SSSR count). The molecule has 0 spiro atoms. The summed E-state index contributed by atoms with van der Waals surface area (Å²) in [5, 5.41) is 25.5. The van der Waals surface area contributed by atoms with E-state index < -0.39 is 11.9 Å². The standard InChI is InChI=1S/C19H20Cl2FNO3.C18H18Cl3NO3/c1-3-23-16-7-11(2)6-13(18(16)22)10-26-19-14(20)8-12(9-15(19)21)4-5-17(24)25;1-2-22-15-5-3-4-12(17(15)21)10-25-18-13(19)8-11(9-14(18)20)6-7-16(23)24/h6-9,23H,3-5,10H2,1-2H3,(H,24,25);3-5,8-9,22H,2,6-7,10H2,1H3,(H,23,24). The smallest absolute Gasteiger partial charge is 0.303 e. The van der Waals surface area contributed by atoms with Gasteiger partial charge in [-0.15, -0.1) is 0 Å². The SMILES string of the molecule is CCNc1cc(C)cc(COc2c(Cl)cc(CCC(=O)O)cc2Cl)c1F.CCNc1cccc(COc2c(Cl)cc(CCC(=O)O)cc2Cl)c1Cl. The average molecular weight is 803 g/mol. The van der Waals surface area contributed by atoms with Crippen molar-refractivity contribution < 1.29 is 33.7 Å². The minimum atomic E-state index is -0.899. The number of carbonyl (C=O) groups is 2. The average Bonchev–Trinajstić information content (AvgIpc) is 3.06. The first-order valence-corrected chi connectivity index (χ1v) is 17.8. The number of ether oxygens (including phenoxy) is 2. The summed E-state index contributed by atoms with van der Waals surface area (Å²) in [5.41, 5.74) is 4.81. The number of hydrogen-bond acceptors (Lipinski definition) is 6. The molecule has 0 atom stereocenters. The monoisotopic (exact) mass is 800 g/mol. The summed E-state index contributed by atoms with van der Waals surface area (Å²) < 4.78 is 25.9. The minimum Gasteiger partial charge on any atom is -0.486 e. The fourth-order valence-corrected chi connectivity index (χ4v) is 6.41. The molecule has 0 aromatic heterocycles. The molecule has 8 nitrogen and oxygen atoms in total. The van der Waals surface area contributed by atoms with Crippen molar-refractivity contribution in [2.45, 2.75) is 59.7 Å². The molecule has 0 radical (unpaired) electrons. The summed E-state index contributed by atoms with van der Waals surface area (Å²) in [5.74, 6) is -1.54. The summed E-state index contributed by atoms with van der Waals surface area (Å²) in [4.78, 5) is 21.3. The Balaban J connectivity index is 0.000000276. The Morgan fingerprint density at radius 1 is 0.686 bits per heavy atom. The highest BCUT2D eigenvalue weighted by Crippen LogP contribution is 2.37. The zero-order valence-corrected chi connectivity index (χ0v) is 31.9. The van der Waals surface area contributed by atoms with Crippen molar-refractivity contribution in [3.05, 3.63) is 113 Å². The third kappa shape index (κ3) is 12.8. The summed E-state index contributed by atoms with van der Waals surface area (Å²) >= 11 is 31.2. The maximum absolute atomic E-state index is 14.5. The molecule has 0 saturated heterocycles. The molecule has 0 fully saturated rings. The number of nitrogens with one attached hydrogen (secondary N) is 2. The van der Waals surface area contributed by atoms with Crippen molar-refractivity contribution in [2.75, 3.05) is 23.7 Å². The Morgan fingerprint density at radius 3 is 1.59 bits per heavy atom. The van der Waals surface area contributed by atoms with Gasteiger partial charge in [0.2, 0.25) is 0 Å². The predicted molar refractivity (Wildman–Crippen MR) is 204 cm³/mol. The lowest BCUT2D eigenvalue weighted by atomic mass is 10.1. The fraction of sp³-hybridized carbons (Fsp3) is 0.297. The van der Waals surface area contributed by atoms with Crippen LogP contribution in [0.3, 0.4) is 0 Å². The predicted octanol–water partition coefficient (Wildman–Crippen LogP) is 11.1. The van der Waals surface area contributed by atoms with Gasteiger partial charge in [0, 0.05) is 37.1 Å². The van der Waals surface area contributed by atoms with Gasteiger partial charge in [-0.25, -0.2) is 4.39 Å². The number of rotatable bonds is 16. The van der Waals surface area contributed by atoms with E-state index in [0.717, 1.165) is 28.9 Å². The number of aliphatic carboxylic acids is 2. The zero-order valence-electron chi connectivity index (χ0n) is 28.1. The number of carboxylic acids is 2. The molecular formula is C37H38Cl5FN2O6. The lowest BCUT2D eigenvalue weighted by Crippen LogP contribution is -2.06. The van der Waals surface area contributed by atoms with Crippen molar-refractivity contribution in [1.29, 1.82) is 0 Å². The van der Waals surface area contributed by atoms with Gasteiger partial charge in [0.05, 0.1) is 36.5 Å².